The van der Waals surface area contributed by atoms with Crippen molar-refractivity contribution >= 4 is 17.7 Å². The molecule has 2 aromatic carbocycles. The predicted octanol–water partition coefficient (Wildman–Crippen LogP) is 4.84. The Morgan fingerprint density at radius 3 is 2.38 bits per heavy atom. The Morgan fingerprint density at radius 2 is 1.77 bits per heavy atom. The molecule has 0 unspecified atom stereocenters. The maximum absolute atomic E-state index is 13.2. The Balaban J connectivity index is 1.73. The molecule has 1 N–H and O–H groups in total. The number of aryl methyl sites for hydroxylation is 1. The van der Waals surface area contributed by atoms with E-state index in [1.807, 2.05) is 66.9 Å². The Labute approximate surface area is 227 Å². The molecule has 0 radical (unpaired) electrons. The minimum Gasteiger partial charge on any atom is -0.461 e. The second-order valence-electron chi connectivity index (χ2n) is 9.35. The zero-order valence-corrected chi connectivity index (χ0v) is 22.9. The molecule has 10 heteroatoms. The number of amides is 1. The summed E-state index contributed by atoms with van der Waals surface area (Å²) in [6.45, 7) is 8.12. The molecule has 0 aliphatic heterocycles. The normalized spacial score (nSPS) is 10.8. The van der Waals surface area contributed by atoms with Crippen molar-refractivity contribution in [2.24, 2.45) is 0 Å². The lowest BCUT2D eigenvalue weighted by molar-refractivity contribution is -0.114. The number of ether oxygens (including phenoxy) is 1. The summed E-state index contributed by atoms with van der Waals surface area (Å²) in [6.07, 6.45) is 3.00. The third-order valence-corrected chi connectivity index (χ3v) is 6.15. The molecular formula is C29H33N7O3. The van der Waals surface area contributed by atoms with Crippen molar-refractivity contribution in [3.05, 3.63) is 77.3 Å². The molecule has 0 bridgehead atoms. The van der Waals surface area contributed by atoms with Crippen molar-refractivity contribution in [1.82, 2.24) is 30.2 Å². The van der Waals surface area contributed by atoms with E-state index in [-0.39, 0.29) is 18.2 Å². The van der Waals surface area contributed by atoms with Gasteiger partial charge in [-0.1, -0.05) is 61.0 Å². The van der Waals surface area contributed by atoms with Crippen LogP contribution in [0.4, 0.5) is 5.82 Å². The van der Waals surface area contributed by atoms with E-state index >= 15 is 0 Å². The number of esters is 1. The van der Waals surface area contributed by atoms with Crippen molar-refractivity contribution in [2.45, 2.75) is 47.1 Å². The van der Waals surface area contributed by atoms with E-state index in [0.29, 0.717) is 24.6 Å². The number of tetrazole rings is 1. The molecule has 2 heterocycles. The summed E-state index contributed by atoms with van der Waals surface area (Å²) >= 11 is 0. The number of aromatic amines is 1. The molecule has 4 rings (SSSR count). The number of H-pyrrole nitrogens is 1. The fourth-order valence-corrected chi connectivity index (χ4v) is 4.33. The topological polar surface area (TPSA) is 119 Å². The van der Waals surface area contributed by atoms with Crippen molar-refractivity contribution in [1.29, 1.82) is 0 Å². The van der Waals surface area contributed by atoms with Crippen LogP contribution in [-0.2, 0) is 22.5 Å². The van der Waals surface area contributed by atoms with E-state index in [0.717, 1.165) is 40.1 Å². The average molecular weight is 528 g/mol. The van der Waals surface area contributed by atoms with E-state index < -0.39 is 5.97 Å². The molecule has 39 heavy (non-hydrogen) atoms. The number of carbonyl (C=O) groups excluding carboxylic acids is 2. The molecule has 202 valence electrons. The molecule has 0 saturated heterocycles. The van der Waals surface area contributed by atoms with Crippen LogP contribution in [0.2, 0.25) is 0 Å². The lowest BCUT2D eigenvalue weighted by atomic mass is 9.98. The molecule has 4 aromatic rings. The summed E-state index contributed by atoms with van der Waals surface area (Å²) in [7, 11) is 1.63. The number of aromatic nitrogens is 6. The third kappa shape index (κ3) is 6.11. The van der Waals surface area contributed by atoms with Crippen LogP contribution in [0.15, 0.2) is 60.2 Å². The zero-order chi connectivity index (χ0) is 27.9. The number of carbonyl (C=O) groups is 2. The first-order valence-corrected chi connectivity index (χ1v) is 12.9. The Bertz CT molecular complexity index is 1470. The Kier molecular flexibility index (Phi) is 8.65. The number of anilines is 1. The first-order valence-electron chi connectivity index (χ1n) is 12.9. The average Bonchev–Trinajstić information content (AvgIpc) is 3.58. The van der Waals surface area contributed by atoms with Crippen molar-refractivity contribution in [2.75, 3.05) is 18.6 Å². The summed E-state index contributed by atoms with van der Waals surface area (Å²) < 4.78 is 7.27. The van der Waals surface area contributed by atoms with E-state index in [4.69, 9.17) is 9.72 Å². The highest BCUT2D eigenvalue weighted by atomic mass is 16.5. The van der Waals surface area contributed by atoms with Crippen LogP contribution in [0, 0.1) is 0 Å². The molecule has 10 nitrogen and oxygen atoms in total. The van der Waals surface area contributed by atoms with Gasteiger partial charge in [0, 0.05) is 31.7 Å². The maximum atomic E-state index is 13.2. The molecule has 0 fully saturated rings. The predicted molar refractivity (Wildman–Crippen MR) is 149 cm³/mol. The number of benzene rings is 2. The quantitative estimate of drug-likeness (QED) is 0.232. The summed E-state index contributed by atoms with van der Waals surface area (Å²) in [5.41, 5.74) is 4.95. The number of nitrogens with one attached hydrogen (secondary N) is 1. The third-order valence-electron chi connectivity index (χ3n) is 6.15. The van der Waals surface area contributed by atoms with Gasteiger partial charge in [-0.2, -0.15) is 5.21 Å². The maximum Gasteiger partial charge on any atom is 0.358 e. The number of allylic oxidation sites excluding steroid dienone is 1. The molecule has 2 aromatic heterocycles. The van der Waals surface area contributed by atoms with Crippen molar-refractivity contribution in [3.8, 4) is 22.5 Å². The lowest BCUT2D eigenvalue weighted by Gasteiger charge is -2.16. The summed E-state index contributed by atoms with van der Waals surface area (Å²) in [4.78, 5) is 32.2. The van der Waals surface area contributed by atoms with Gasteiger partial charge in [-0.3, -0.25) is 9.69 Å². The van der Waals surface area contributed by atoms with Crippen LogP contribution in [0.5, 0.6) is 0 Å². The lowest BCUT2D eigenvalue weighted by Crippen LogP contribution is -2.27. The first-order chi connectivity index (χ1) is 18.8. The molecule has 0 saturated carbocycles. The van der Waals surface area contributed by atoms with Crippen LogP contribution in [0.3, 0.4) is 0 Å². The van der Waals surface area contributed by atoms with Gasteiger partial charge >= 0.3 is 5.97 Å². The molecule has 0 aliphatic rings. The highest BCUT2D eigenvalue weighted by Crippen LogP contribution is 2.30. The van der Waals surface area contributed by atoms with Crippen LogP contribution >= 0.6 is 0 Å². The van der Waals surface area contributed by atoms with Gasteiger partial charge < -0.3 is 9.30 Å². The highest BCUT2D eigenvalue weighted by molar-refractivity contribution is 6.05. The van der Waals surface area contributed by atoms with Gasteiger partial charge in [-0.05, 0) is 49.1 Å². The van der Waals surface area contributed by atoms with E-state index in [1.165, 1.54) is 11.0 Å². The van der Waals surface area contributed by atoms with Crippen LogP contribution in [0.1, 0.15) is 56.0 Å². The number of hydrogen-bond donors (Lipinski definition) is 1. The number of nitrogens with zero attached hydrogens (tertiary/aromatic N) is 6. The molecule has 0 spiro atoms. The first kappa shape index (κ1) is 27.4. The highest BCUT2D eigenvalue weighted by Gasteiger charge is 2.28. The Morgan fingerprint density at radius 1 is 1.05 bits per heavy atom. The smallest absolute Gasteiger partial charge is 0.358 e. The molecule has 0 atom stereocenters. The van der Waals surface area contributed by atoms with E-state index in [1.54, 1.807) is 14.0 Å². The van der Waals surface area contributed by atoms with Gasteiger partial charge in [0.1, 0.15) is 5.82 Å². The number of imidazole rings is 1. The van der Waals surface area contributed by atoms with Crippen molar-refractivity contribution < 1.29 is 14.3 Å². The SMILES string of the molecule is CCCc1nc(N(C)C(=O)C=C(C)C)c(C(=O)OCC)n1Cc1ccc(-c2ccccc2-c2nn[nH]n2)cc1. The van der Waals surface area contributed by atoms with Gasteiger partial charge in [0.25, 0.3) is 5.91 Å². The Hall–Kier alpha value is -4.60. The minimum absolute atomic E-state index is 0.215. The van der Waals surface area contributed by atoms with Crippen LogP contribution in [-0.4, -0.2) is 55.7 Å². The van der Waals surface area contributed by atoms with Gasteiger partial charge in [0.15, 0.2) is 11.5 Å². The minimum atomic E-state index is -0.509. The molecular weight excluding hydrogens is 494 g/mol. The summed E-state index contributed by atoms with van der Waals surface area (Å²) in [5, 5.41) is 14.4. The van der Waals surface area contributed by atoms with Crippen LogP contribution in [0.25, 0.3) is 22.5 Å². The van der Waals surface area contributed by atoms with E-state index in [2.05, 4.69) is 27.5 Å². The second kappa shape index (κ2) is 12.3. The van der Waals surface area contributed by atoms with Gasteiger partial charge in [-0.25, -0.2) is 9.78 Å². The van der Waals surface area contributed by atoms with Gasteiger partial charge in [0.2, 0.25) is 5.82 Å². The van der Waals surface area contributed by atoms with Crippen LogP contribution < -0.4 is 4.90 Å². The largest absolute Gasteiger partial charge is 0.461 e. The molecule has 1 amide bonds. The summed E-state index contributed by atoms with van der Waals surface area (Å²) in [5.74, 6) is 0.780. The fourth-order valence-electron chi connectivity index (χ4n) is 4.33. The van der Waals surface area contributed by atoms with E-state index in [9.17, 15) is 9.59 Å². The van der Waals surface area contributed by atoms with Gasteiger partial charge in [-0.15, -0.1) is 10.2 Å². The second-order valence-corrected chi connectivity index (χ2v) is 9.35. The number of hydrogen-bond acceptors (Lipinski definition) is 7. The number of likely N-dealkylation sites (N-methyl/N-ethyl adjacent to an activating group) is 1. The zero-order valence-electron chi connectivity index (χ0n) is 22.9. The monoisotopic (exact) mass is 527 g/mol. The molecule has 0 aliphatic carbocycles. The summed E-state index contributed by atoms with van der Waals surface area (Å²) in [6, 6.07) is 16.0. The number of rotatable bonds is 10. The standard InChI is InChI=1S/C29H33N7O3/c1-6-10-24-30-28(35(5)25(37)17-19(3)4)26(29(38)39-7-2)36(24)18-20-13-15-21(16-14-20)22-11-8-9-12-23(22)27-31-33-34-32-27/h8-9,11-17H,6-7,10,18H2,1-5H3,(H,31,32,33,34). The van der Waals surface area contributed by atoms with Gasteiger partial charge in [0.05, 0.1) is 6.61 Å². The van der Waals surface area contributed by atoms with Crippen molar-refractivity contribution in [3.63, 3.8) is 0 Å². The fraction of sp³-hybridized carbons (Fsp3) is 0.310.